The molecule has 0 N–H and O–H groups in total. The van der Waals surface area contributed by atoms with E-state index in [1.54, 1.807) is 0 Å². The first kappa shape index (κ1) is 27.4. The number of ether oxygens (including phenoxy) is 1. The molecule has 0 aliphatic carbocycles. The van der Waals surface area contributed by atoms with Gasteiger partial charge in [-0.15, -0.1) is 36.4 Å². The summed E-state index contributed by atoms with van der Waals surface area (Å²) in [5.41, 5.74) is 10.3. The maximum atomic E-state index is 6.17. The molecule has 2 aromatic heterocycles. The van der Waals surface area contributed by atoms with Gasteiger partial charge in [0.1, 0.15) is 0 Å². The molecule has 0 fully saturated rings. The van der Waals surface area contributed by atoms with E-state index in [2.05, 4.69) is 72.7 Å². The van der Waals surface area contributed by atoms with Crippen LogP contribution in [0.25, 0.3) is 33.6 Å². The molecule has 0 saturated heterocycles. The molecule has 0 aliphatic heterocycles. The van der Waals surface area contributed by atoms with E-state index in [0.29, 0.717) is 11.5 Å². The maximum Gasteiger partial charge on any atom is 2.00 e. The van der Waals surface area contributed by atoms with Crippen LogP contribution in [0.1, 0.15) is 22.8 Å². The Labute approximate surface area is 249 Å². The Hall–Kier alpha value is -4.21. The van der Waals surface area contributed by atoms with Crippen LogP contribution in [-0.4, -0.2) is 19.6 Å². The second-order valence-corrected chi connectivity index (χ2v) is 9.64. The minimum Gasteiger partial charge on any atom is -0.509 e. The summed E-state index contributed by atoms with van der Waals surface area (Å²) in [7, 11) is 0. The molecule has 6 aromatic rings. The predicted octanol–water partition coefficient (Wildman–Crippen LogP) is 8.02. The average Bonchev–Trinajstić information content (AvgIpc) is 3.45. The zero-order chi connectivity index (χ0) is 26.9. The summed E-state index contributed by atoms with van der Waals surface area (Å²) in [4.78, 5) is 0. The first-order chi connectivity index (χ1) is 19.0. The summed E-state index contributed by atoms with van der Waals surface area (Å²) < 4.78 is 9.97. The molecule has 200 valence electrons. The maximum absolute atomic E-state index is 6.17. The van der Waals surface area contributed by atoms with Crippen molar-refractivity contribution in [2.75, 3.05) is 0 Å². The van der Waals surface area contributed by atoms with Crippen LogP contribution in [0.2, 0.25) is 0 Å². The van der Waals surface area contributed by atoms with Crippen LogP contribution >= 0.6 is 0 Å². The van der Waals surface area contributed by atoms with Gasteiger partial charge >= 0.3 is 21.1 Å². The van der Waals surface area contributed by atoms with Gasteiger partial charge in [-0.25, -0.2) is 0 Å². The van der Waals surface area contributed by atoms with Gasteiger partial charge in [0.2, 0.25) is 0 Å². The first-order valence-electron chi connectivity index (χ1n) is 12.9. The van der Waals surface area contributed by atoms with Crippen LogP contribution in [0.5, 0.6) is 11.5 Å². The van der Waals surface area contributed by atoms with Gasteiger partial charge in [0, 0.05) is 28.5 Å². The van der Waals surface area contributed by atoms with Gasteiger partial charge in [0.25, 0.3) is 0 Å². The van der Waals surface area contributed by atoms with Crippen molar-refractivity contribution in [3.8, 4) is 45.1 Å². The zero-order valence-corrected chi connectivity index (χ0v) is 25.0. The van der Waals surface area contributed by atoms with E-state index < -0.39 is 0 Å². The van der Waals surface area contributed by atoms with Crippen molar-refractivity contribution in [2.45, 2.75) is 27.7 Å². The van der Waals surface area contributed by atoms with E-state index in [0.717, 1.165) is 45.3 Å². The minimum atomic E-state index is 0. The van der Waals surface area contributed by atoms with Gasteiger partial charge in [-0.05, 0) is 61.8 Å². The van der Waals surface area contributed by atoms with Gasteiger partial charge in [0.05, 0.1) is 11.4 Å². The fourth-order valence-electron chi connectivity index (χ4n) is 4.98. The van der Waals surface area contributed by atoms with Gasteiger partial charge in [0.15, 0.2) is 0 Å². The summed E-state index contributed by atoms with van der Waals surface area (Å²) in [5.74, 6) is 1.19. The molecule has 6 heteroatoms. The molecule has 5 nitrogen and oxygen atoms in total. The van der Waals surface area contributed by atoms with Crippen molar-refractivity contribution >= 4 is 0 Å². The van der Waals surface area contributed by atoms with Gasteiger partial charge in [-0.2, -0.15) is 22.3 Å². The number of rotatable bonds is 6. The summed E-state index contributed by atoms with van der Waals surface area (Å²) in [5, 5.41) is 9.42. The van der Waals surface area contributed by atoms with Crippen LogP contribution in [-0.2, 0) is 21.1 Å². The molecule has 0 saturated carbocycles. The van der Waals surface area contributed by atoms with Crippen LogP contribution in [0.15, 0.2) is 97.1 Å². The molecule has 6 rings (SSSR count). The van der Waals surface area contributed by atoms with E-state index in [4.69, 9.17) is 9.84 Å². The number of hydrogen-bond donors (Lipinski definition) is 0. The summed E-state index contributed by atoms with van der Waals surface area (Å²) in [6.07, 6.45) is 0. The largest absolute Gasteiger partial charge is 2.00 e. The Morgan fingerprint density at radius 1 is 0.600 bits per heavy atom. The predicted molar refractivity (Wildman–Crippen MR) is 155 cm³/mol. The van der Waals surface area contributed by atoms with Crippen LogP contribution in [0.3, 0.4) is 0 Å². The van der Waals surface area contributed by atoms with E-state index in [1.165, 1.54) is 11.1 Å². The number of aromatic nitrogens is 4. The third-order valence-electron chi connectivity index (χ3n) is 6.76. The Bertz CT molecular complexity index is 1770. The van der Waals surface area contributed by atoms with Gasteiger partial charge in [-0.3, -0.25) is 9.36 Å². The van der Waals surface area contributed by atoms with E-state index in [-0.39, 0.29) is 21.1 Å². The molecule has 0 unspecified atom stereocenters. The SMILES string of the molecule is Cc1cc(C)n(-c2[c-]c(Oc3[c-]c(-n4nc(C)c(-c5ccc(-c6ccccc6)cc5)c4C)ccc3)ccc2)n1.[Pt+2]. The number of hydrogen-bond acceptors (Lipinski definition) is 3. The Kier molecular flexibility index (Phi) is 7.86. The molecular formula is C34H28N4OPt. The fourth-order valence-corrected chi connectivity index (χ4v) is 4.98. The van der Waals surface area contributed by atoms with E-state index >= 15 is 0 Å². The van der Waals surface area contributed by atoms with Crippen LogP contribution < -0.4 is 4.74 Å². The van der Waals surface area contributed by atoms with Gasteiger partial charge < -0.3 is 4.74 Å². The third kappa shape index (κ3) is 5.43. The molecule has 0 radical (unpaired) electrons. The second-order valence-electron chi connectivity index (χ2n) is 9.64. The third-order valence-corrected chi connectivity index (χ3v) is 6.76. The summed E-state index contributed by atoms with van der Waals surface area (Å²) in [6.45, 7) is 8.14. The smallest absolute Gasteiger partial charge is 0.509 e. The Balaban J connectivity index is 0.00000323. The van der Waals surface area contributed by atoms with E-state index in [9.17, 15) is 0 Å². The standard InChI is InChI=1S/C34H28N4O.Pt/c1-23-20-24(2)37(35-23)30-12-8-14-32(21-30)39-33-15-9-13-31(22-33)38-26(4)34(25(3)36-38)29-18-16-28(17-19-29)27-10-6-5-7-11-27;/h5-20H,1-4H3;/q-2;+2. The molecule has 40 heavy (non-hydrogen) atoms. The fraction of sp³-hybridized carbons (Fsp3) is 0.118. The molecule has 0 atom stereocenters. The Morgan fingerprint density at radius 3 is 1.77 bits per heavy atom. The molecular weight excluding hydrogens is 675 g/mol. The molecule has 0 amide bonds. The Morgan fingerprint density at radius 2 is 1.18 bits per heavy atom. The molecule has 0 aliphatic rings. The van der Waals surface area contributed by atoms with Crippen LogP contribution in [0.4, 0.5) is 0 Å². The molecule has 0 spiro atoms. The van der Waals surface area contributed by atoms with Crippen molar-refractivity contribution in [2.24, 2.45) is 0 Å². The van der Waals surface area contributed by atoms with E-state index in [1.807, 2.05) is 78.7 Å². The first-order valence-corrected chi connectivity index (χ1v) is 12.9. The molecule has 0 bridgehead atoms. The van der Waals surface area contributed by atoms with Crippen molar-refractivity contribution in [1.29, 1.82) is 0 Å². The quantitative estimate of drug-likeness (QED) is 0.165. The normalized spacial score (nSPS) is 10.8. The number of benzene rings is 4. The minimum absolute atomic E-state index is 0. The zero-order valence-electron chi connectivity index (χ0n) is 22.8. The van der Waals surface area contributed by atoms with Crippen LogP contribution in [0, 0.1) is 39.8 Å². The summed E-state index contributed by atoms with van der Waals surface area (Å²) in [6, 6.07) is 39.4. The monoisotopic (exact) mass is 703 g/mol. The average molecular weight is 704 g/mol. The molecule has 2 heterocycles. The number of nitrogens with zero attached hydrogens (tertiary/aromatic N) is 4. The van der Waals surface area contributed by atoms with Gasteiger partial charge in [-0.1, -0.05) is 54.6 Å². The topological polar surface area (TPSA) is 44.9 Å². The van der Waals surface area contributed by atoms with Crippen molar-refractivity contribution < 1.29 is 25.8 Å². The molecule has 4 aromatic carbocycles. The van der Waals surface area contributed by atoms with Crippen molar-refractivity contribution in [3.63, 3.8) is 0 Å². The van der Waals surface area contributed by atoms with Crippen molar-refractivity contribution in [3.05, 3.63) is 132 Å². The number of aryl methyl sites for hydroxylation is 3. The second kappa shape index (κ2) is 11.5. The van der Waals surface area contributed by atoms with Crippen molar-refractivity contribution in [1.82, 2.24) is 19.6 Å². The summed E-state index contributed by atoms with van der Waals surface area (Å²) >= 11 is 0.